The lowest BCUT2D eigenvalue weighted by molar-refractivity contribution is -0.117. The van der Waals surface area contributed by atoms with Crippen LogP contribution in [0.15, 0.2) is 41.0 Å². The van der Waals surface area contributed by atoms with Crippen molar-refractivity contribution < 1.29 is 18.7 Å². The van der Waals surface area contributed by atoms with E-state index in [4.69, 9.17) is 37.1 Å². The fourth-order valence-corrected chi connectivity index (χ4v) is 4.15. The van der Waals surface area contributed by atoms with Crippen molar-refractivity contribution in [3.8, 4) is 16.9 Å². The van der Waals surface area contributed by atoms with Crippen molar-refractivity contribution in [3.05, 3.63) is 57.8 Å². The van der Waals surface area contributed by atoms with Crippen LogP contribution in [0.1, 0.15) is 25.0 Å². The maximum Gasteiger partial charge on any atom is 0.244 e. The molecule has 1 amide bonds. The molecule has 31 heavy (non-hydrogen) atoms. The smallest absolute Gasteiger partial charge is 0.244 e. The number of ether oxygens (including phenoxy) is 2. The van der Waals surface area contributed by atoms with Crippen molar-refractivity contribution in [3.63, 3.8) is 0 Å². The molecule has 1 atom stereocenters. The molecule has 0 saturated heterocycles. The maximum absolute atomic E-state index is 12.4. The zero-order valence-corrected chi connectivity index (χ0v) is 19.6. The molecule has 0 fully saturated rings. The number of furan rings is 1. The Balaban J connectivity index is 2.11. The zero-order chi connectivity index (χ0) is 22.7. The van der Waals surface area contributed by atoms with Gasteiger partial charge in [-0.2, -0.15) is 0 Å². The number of rotatable bonds is 7. The van der Waals surface area contributed by atoms with Gasteiger partial charge >= 0.3 is 0 Å². The van der Waals surface area contributed by atoms with Gasteiger partial charge in [-0.05, 0) is 44.5 Å². The molecule has 0 aliphatic carbocycles. The number of allylic oxidation sites excluding steroid dienone is 1. The molecular formula is C24H25Cl2NO4. The number of methoxy groups -OCH3 is 2. The first-order valence-electron chi connectivity index (χ1n) is 9.79. The highest BCUT2D eigenvalue weighted by atomic mass is 35.5. The summed E-state index contributed by atoms with van der Waals surface area (Å²) in [4.78, 5) is 12.4. The average Bonchev–Trinajstić information content (AvgIpc) is 3.12. The largest absolute Gasteiger partial charge is 0.496 e. The SMILES string of the molecule is COCC(C)NC(=O)/C=C(\C)c1cc2c(-c3ccc(Cl)cc3Cl)coc2c(C)c1OC. The Morgan fingerprint density at radius 1 is 1.23 bits per heavy atom. The summed E-state index contributed by atoms with van der Waals surface area (Å²) in [5.74, 6) is 0.456. The molecule has 164 valence electrons. The second-order valence-electron chi connectivity index (χ2n) is 7.42. The molecule has 1 unspecified atom stereocenters. The monoisotopic (exact) mass is 461 g/mol. The van der Waals surface area contributed by atoms with E-state index >= 15 is 0 Å². The van der Waals surface area contributed by atoms with Crippen LogP contribution < -0.4 is 10.1 Å². The van der Waals surface area contributed by atoms with Crippen LogP contribution in [-0.2, 0) is 9.53 Å². The van der Waals surface area contributed by atoms with E-state index in [0.29, 0.717) is 28.0 Å². The highest BCUT2D eigenvalue weighted by Crippen LogP contribution is 2.42. The van der Waals surface area contributed by atoms with Crippen molar-refractivity contribution in [2.45, 2.75) is 26.8 Å². The summed E-state index contributed by atoms with van der Waals surface area (Å²) in [5.41, 5.74) is 4.76. The Bertz CT molecular complexity index is 1150. The van der Waals surface area contributed by atoms with Crippen molar-refractivity contribution in [2.24, 2.45) is 0 Å². The summed E-state index contributed by atoms with van der Waals surface area (Å²) in [7, 11) is 3.20. The molecular weight excluding hydrogens is 437 g/mol. The Kier molecular flexibility index (Phi) is 7.31. The van der Waals surface area contributed by atoms with Gasteiger partial charge in [0.15, 0.2) is 0 Å². The summed E-state index contributed by atoms with van der Waals surface area (Å²) >= 11 is 12.5. The number of carbonyl (C=O) groups is 1. The normalized spacial score (nSPS) is 12.8. The van der Waals surface area contributed by atoms with Crippen LogP contribution in [0.4, 0.5) is 0 Å². The summed E-state index contributed by atoms with van der Waals surface area (Å²) < 4.78 is 16.6. The van der Waals surface area contributed by atoms with E-state index in [1.165, 1.54) is 0 Å². The fourth-order valence-electron chi connectivity index (χ4n) is 3.64. The van der Waals surface area contributed by atoms with Crippen LogP contribution in [0.5, 0.6) is 5.75 Å². The Hall–Kier alpha value is -2.47. The van der Waals surface area contributed by atoms with Gasteiger partial charge < -0.3 is 19.2 Å². The summed E-state index contributed by atoms with van der Waals surface area (Å²) in [6.07, 6.45) is 3.23. The fraction of sp³-hybridized carbons (Fsp3) is 0.292. The number of carbonyl (C=O) groups excluding carboxylic acids is 1. The van der Waals surface area contributed by atoms with Crippen molar-refractivity contribution in [1.29, 1.82) is 0 Å². The number of aryl methyl sites for hydroxylation is 1. The average molecular weight is 462 g/mol. The van der Waals surface area contributed by atoms with Gasteiger partial charge in [-0.15, -0.1) is 0 Å². The minimum Gasteiger partial charge on any atom is -0.496 e. The molecule has 0 aliphatic heterocycles. The first kappa shape index (κ1) is 23.2. The first-order valence-corrected chi connectivity index (χ1v) is 10.5. The van der Waals surface area contributed by atoms with Crippen molar-refractivity contribution in [1.82, 2.24) is 5.32 Å². The molecule has 5 nitrogen and oxygen atoms in total. The van der Waals surface area contributed by atoms with Gasteiger partial charge in [-0.1, -0.05) is 29.3 Å². The molecule has 0 saturated carbocycles. The molecule has 0 aliphatic rings. The van der Waals surface area contributed by atoms with E-state index in [1.807, 2.05) is 32.9 Å². The molecule has 2 aromatic carbocycles. The van der Waals surface area contributed by atoms with Crippen molar-refractivity contribution >= 4 is 45.7 Å². The molecule has 0 spiro atoms. The molecule has 1 aromatic heterocycles. The zero-order valence-electron chi connectivity index (χ0n) is 18.1. The van der Waals surface area contributed by atoms with E-state index in [0.717, 1.165) is 33.2 Å². The number of hydrogen-bond donors (Lipinski definition) is 1. The van der Waals surface area contributed by atoms with Crippen LogP contribution in [0, 0.1) is 6.92 Å². The molecule has 0 radical (unpaired) electrons. The lowest BCUT2D eigenvalue weighted by atomic mass is 9.96. The van der Waals surface area contributed by atoms with Gasteiger partial charge in [0.25, 0.3) is 0 Å². The predicted octanol–water partition coefficient (Wildman–Crippen LogP) is 6.28. The van der Waals surface area contributed by atoms with Gasteiger partial charge in [-0.3, -0.25) is 4.79 Å². The second-order valence-corrected chi connectivity index (χ2v) is 8.27. The predicted molar refractivity (Wildman–Crippen MR) is 126 cm³/mol. The third kappa shape index (κ3) is 4.90. The van der Waals surface area contributed by atoms with Gasteiger partial charge in [0.1, 0.15) is 11.3 Å². The number of amides is 1. The lowest BCUT2D eigenvalue weighted by Crippen LogP contribution is -2.34. The minimum atomic E-state index is -0.199. The Morgan fingerprint density at radius 3 is 2.61 bits per heavy atom. The Labute approximate surface area is 191 Å². The van der Waals surface area contributed by atoms with E-state index in [1.54, 1.807) is 38.7 Å². The third-order valence-corrected chi connectivity index (χ3v) is 5.59. The van der Waals surface area contributed by atoms with E-state index in [-0.39, 0.29) is 11.9 Å². The van der Waals surface area contributed by atoms with Crippen molar-refractivity contribution in [2.75, 3.05) is 20.8 Å². The first-order chi connectivity index (χ1) is 14.8. The number of halogens is 2. The van der Waals surface area contributed by atoms with Crippen LogP contribution in [0.3, 0.4) is 0 Å². The van der Waals surface area contributed by atoms with E-state index in [9.17, 15) is 4.79 Å². The van der Waals surface area contributed by atoms with Crippen LogP contribution in [0.25, 0.3) is 27.7 Å². The molecule has 1 N–H and O–H groups in total. The van der Waals surface area contributed by atoms with Gasteiger partial charge in [0, 0.05) is 51.9 Å². The van der Waals surface area contributed by atoms with Gasteiger partial charge in [-0.25, -0.2) is 0 Å². The van der Waals surface area contributed by atoms with Crippen LogP contribution in [0.2, 0.25) is 10.0 Å². The number of fused-ring (bicyclic) bond motifs is 1. The maximum atomic E-state index is 12.4. The number of hydrogen-bond acceptors (Lipinski definition) is 4. The van der Waals surface area contributed by atoms with Crippen LogP contribution in [-0.4, -0.2) is 32.8 Å². The third-order valence-electron chi connectivity index (χ3n) is 5.05. The number of benzene rings is 2. The van der Waals surface area contributed by atoms with Gasteiger partial charge in [0.05, 0.1) is 25.0 Å². The molecule has 1 heterocycles. The topological polar surface area (TPSA) is 60.7 Å². The molecule has 0 bridgehead atoms. The summed E-state index contributed by atoms with van der Waals surface area (Å²) in [6, 6.07) is 7.21. The molecule has 3 aromatic rings. The number of nitrogens with one attached hydrogen (secondary N) is 1. The van der Waals surface area contributed by atoms with Crippen LogP contribution >= 0.6 is 23.2 Å². The molecule has 7 heteroatoms. The Morgan fingerprint density at radius 2 is 1.97 bits per heavy atom. The summed E-state index contributed by atoms with van der Waals surface area (Å²) in [5, 5.41) is 4.85. The minimum absolute atomic E-state index is 0.0971. The van der Waals surface area contributed by atoms with Gasteiger partial charge in [0.2, 0.25) is 5.91 Å². The molecule has 3 rings (SSSR count). The second kappa shape index (κ2) is 9.77. The van der Waals surface area contributed by atoms with E-state index in [2.05, 4.69) is 5.32 Å². The highest BCUT2D eigenvalue weighted by molar-refractivity contribution is 6.36. The standard InChI is InChI=1S/C24H25Cl2NO4/c1-13(8-22(28)27-14(2)11-29-4)18-10-19-20(17-7-6-16(25)9-21(17)26)12-31-24(19)15(3)23(18)30-5/h6-10,12,14H,11H2,1-5H3,(H,27,28)/b13-8+. The quantitative estimate of drug-likeness (QED) is 0.420. The lowest BCUT2D eigenvalue weighted by Gasteiger charge is -2.14. The van der Waals surface area contributed by atoms with E-state index < -0.39 is 0 Å². The summed E-state index contributed by atoms with van der Waals surface area (Å²) in [6.45, 7) is 6.12. The highest BCUT2D eigenvalue weighted by Gasteiger charge is 2.20.